The smallest absolute Gasteiger partial charge is 0.296 e. The minimum Gasteiger partial charge on any atom is -0.381 e. The third kappa shape index (κ3) is 2.98. The number of hydrogen-bond donors (Lipinski definition) is 1. The Balaban J connectivity index is 2.07. The molecule has 1 aromatic heterocycles. The normalized spacial score (nSPS) is 18.0. The number of ether oxygens (including phenoxy) is 1. The van der Waals surface area contributed by atoms with Crippen LogP contribution in [0.15, 0.2) is 23.2 Å². The molecule has 2 heterocycles. The highest BCUT2D eigenvalue weighted by Gasteiger charge is 2.20. The molecule has 1 aliphatic rings. The van der Waals surface area contributed by atoms with E-state index < -0.39 is 10.1 Å². The molecule has 1 N–H and O–H groups in total. The molecule has 0 aromatic carbocycles. The van der Waals surface area contributed by atoms with Crippen LogP contribution in [0.1, 0.15) is 12.8 Å². The van der Waals surface area contributed by atoms with Gasteiger partial charge in [0, 0.05) is 20.2 Å². The standard InChI is InChI=1S/C11H16N2O4S/c1-17-9-4-6-13(7-5-9)11-3-2-10(8-12-11)18(14,15)16/h2-3,8-9H,4-7H2,1H3,(H,14,15,16). The molecule has 0 atom stereocenters. The van der Waals surface area contributed by atoms with Crippen LogP contribution >= 0.6 is 0 Å². The van der Waals surface area contributed by atoms with Crippen molar-refractivity contribution in [2.75, 3.05) is 25.1 Å². The van der Waals surface area contributed by atoms with Crippen LogP contribution in [0.4, 0.5) is 5.82 Å². The Morgan fingerprint density at radius 1 is 1.39 bits per heavy atom. The number of rotatable bonds is 3. The topological polar surface area (TPSA) is 79.7 Å². The lowest BCUT2D eigenvalue weighted by atomic mass is 10.1. The molecular weight excluding hydrogens is 256 g/mol. The molecule has 0 aliphatic carbocycles. The Hall–Kier alpha value is -1.18. The fourth-order valence-electron chi connectivity index (χ4n) is 2.03. The van der Waals surface area contributed by atoms with Crippen LogP contribution in [-0.4, -0.2) is 44.3 Å². The van der Waals surface area contributed by atoms with E-state index in [1.54, 1.807) is 13.2 Å². The van der Waals surface area contributed by atoms with E-state index >= 15 is 0 Å². The minimum atomic E-state index is -4.16. The van der Waals surface area contributed by atoms with Crippen molar-refractivity contribution in [3.8, 4) is 0 Å². The van der Waals surface area contributed by atoms with Gasteiger partial charge in [0.25, 0.3) is 10.1 Å². The van der Waals surface area contributed by atoms with Gasteiger partial charge in [-0.2, -0.15) is 8.42 Å². The maximum atomic E-state index is 10.9. The van der Waals surface area contributed by atoms with Crippen LogP contribution in [0.3, 0.4) is 0 Å². The summed E-state index contributed by atoms with van der Waals surface area (Å²) in [6.07, 6.45) is 3.32. The molecular formula is C11H16N2O4S. The Morgan fingerprint density at radius 2 is 2.06 bits per heavy atom. The Bertz CT molecular complexity index is 492. The van der Waals surface area contributed by atoms with Crippen LogP contribution in [0.5, 0.6) is 0 Å². The SMILES string of the molecule is COC1CCN(c2ccc(S(=O)(=O)O)cn2)CC1. The molecule has 1 aromatic rings. The van der Waals surface area contributed by atoms with Gasteiger partial charge in [0.1, 0.15) is 10.7 Å². The largest absolute Gasteiger partial charge is 0.381 e. The molecule has 0 spiro atoms. The second kappa shape index (κ2) is 5.21. The monoisotopic (exact) mass is 272 g/mol. The molecule has 7 heteroatoms. The summed E-state index contributed by atoms with van der Waals surface area (Å²) < 4.78 is 35.9. The average Bonchev–Trinajstić information content (AvgIpc) is 2.38. The highest BCUT2D eigenvalue weighted by Crippen LogP contribution is 2.20. The third-order valence-electron chi connectivity index (χ3n) is 3.12. The lowest BCUT2D eigenvalue weighted by molar-refractivity contribution is 0.0818. The van der Waals surface area contributed by atoms with Crippen molar-refractivity contribution in [3.63, 3.8) is 0 Å². The lowest BCUT2D eigenvalue weighted by Crippen LogP contribution is -2.37. The van der Waals surface area contributed by atoms with Crippen molar-refractivity contribution in [3.05, 3.63) is 18.3 Å². The number of nitrogens with zero attached hydrogens (tertiary/aromatic N) is 2. The fraction of sp³-hybridized carbons (Fsp3) is 0.545. The van der Waals surface area contributed by atoms with Crippen molar-refractivity contribution in [2.45, 2.75) is 23.8 Å². The number of anilines is 1. The highest BCUT2D eigenvalue weighted by molar-refractivity contribution is 7.85. The first-order valence-electron chi connectivity index (χ1n) is 5.72. The van der Waals surface area contributed by atoms with Gasteiger partial charge in [0.2, 0.25) is 0 Å². The molecule has 0 bridgehead atoms. The van der Waals surface area contributed by atoms with Crippen LogP contribution in [0.2, 0.25) is 0 Å². The Labute approximate surface area is 106 Å². The zero-order valence-corrected chi connectivity index (χ0v) is 10.9. The first-order chi connectivity index (χ1) is 8.50. The molecule has 0 saturated carbocycles. The molecule has 2 rings (SSSR count). The van der Waals surface area contributed by atoms with E-state index in [-0.39, 0.29) is 4.90 Å². The van der Waals surface area contributed by atoms with E-state index in [9.17, 15) is 8.42 Å². The van der Waals surface area contributed by atoms with E-state index in [0.29, 0.717) is 6.10 Å². The highest BCUT2D eigenvalue weighted by atomic mass is 32.2. The molecule has 1 saturated heterocycles. The van der Waals surface area contributed by atoms with Gasteiger partial charge in [-0.15, -0.1) is 0 Å². The minimum absolute atomic E-state index is 0.182. The summed E-state index contributed by atoms with van der Waals surface area (Å²) in [5, 5.41) is 0. The molecule has 0 radical (unpaired) electrons. The number of piperidine rings is 1. The maximum absolute atomic E-state index is 10.9. The van der Waals surface area contributed by atoms with Gasteiger partial charge in [0.05, 0.1) is 12.3 Å². The summed E-state index contributed by atoms with van der Waals surface area (Å²) in [6, 6.07) is 2.97. The predicted molar refractivity (Wildman–Crippen MR) is 66.3 cm³/mol. The van der Waals surface area contributed by atoms with E-state index in [1.807, 2.05) is 0 Å². The summed E-state index contributed by atoms with van der Waals surface area (Å²) in [6.45, 7) is 1.66. The Morgan fingerprint density at radius 3 is 2.50 bits per heavy atom. The summed E-state index contributed by atoms with van der Waals surface area (Å²) >= 11 is 0. The first-order valence-corrected chi connectivity index (χ1v) is 7.16. The summed E-state index contributed by atoms with van der Waals surface area (Å²) in [5.74, 6) is 0.719. The zero-order valence-electron chi connectivity index (χ0n) is 10.1. The van der Waals surface area contributed by atoms with E-state index in [0.717, 1.165) is 31.7 Å². The van der Waals surface area contributed by atoms with Gasteiger partial charge in [-0.1, -0.05) is 0 Å². The lowest BCUT2D eigenvalue weighted by Gasteiger charge is -2.32. The van der Waals surface area contributed by atoms with E-state index in [4.69, 9.17) is 9.29 Å². The van der Waals surface area contributed by atoms with Gasteiger partial charge < -0.3 is 9.64 Å². The predicted octanol–water partition coefficient (Wildman–Crippen LogP) is 0.944. The number of pyridine rings is 1. The second-order valence-corrected chi connectivity index (χ2v) is 5.67. The van der Waals surface area contributed by atoms with Crippen molar-refractivity contribution in [1.29, 1.82) is 0 Å². The quantitative estimate of drug-likeness (QED) is 0.825. The molecule has 0 unspecified atom stereocenters. The maximum Gasteiger partial charge on any atom is 0.296 e. The fourth-order valence-corrected chi connectivity index (χ4v) is 2.46. The first kappa shape index (κ1) is 13.3. The molecule has 6 nitrogen and oxygen atoms in total. The number of aromatic nitrogens is 1. The summed E-state index contributed by atoms with van der Waals surface area (Å²) in [7, 11) is -2.46. The number of methoxy groups -OCH3 is 1. The van der Waals surface area contributed by atoms with E-state index in [1.165, 1.54) is 12.3 Å². The van der Waals surface area contributed by atoms with Crippen LogP contribution in [0.25, 0.3) is 0 Å². The van der Waals surface area contributed by atoms with Crippen molar-refractivity contribution in [2.24, 2.45) is 0 Å². The average molecular weight is 272 g/mol. The second-order valence-electron chi connectivity index (χ2n) is 4.25. The van der Waals surface area contributed by atoms with Gasteiger partial charge in [0.15, 0.2) is 0 Å². The van der Waals surface area contributed by atoms with Gasteiger partial charge in [-0.25, -0.2) is 4.98 Å². The molecule has 1 fully saturated rings. The van der Waals surface area contributed by atoms with Crippen LogP contribution in [-0.2, 0) is 14.9 Å². The Kier molecular flexibility index (Phi) is 3.84. The van der Waals surface area contributed by atoms with Crippen LogP contribution in [0, 0.1) is 0 Å². The van der Waals surface area contributed by atoms with Gasteiger partial charge in [-0.05, 0) is 25.0 Å². The van der Waals surface area contributed by atoms with Crippen LogP contribution < -0.4 is 4.90 Å². The molecule has 100 valence electrons. The molecule has 0 amide bonds. The zero-order chi connectivity index (χ0) is 13.2. The number of hydrogen-bond acceptors (Lipinski definition) is 5. The van der Waals surface area contributed by atoms with Crippen molar-refractivity contribution >= 4 is 15.9 Å². The summed E-state index contributed by atoms with van der Waals surface area (Å²) in [4.78, 5) is 5.96. The molecule has 1 aliphatic heterocycles. The van der Waals surface area contributed by atoms with E-state index in [2.05, 4.69) is 9.88 Å². The van der Waals surface area contributed by atoms with Crippen molar-refractivity contribution < 1.29 is 17.7 Å². The summed E-state index contributed by atoms with van der Waals surface area (Å²) in [5.41, 5.74) is 0. The molecule has 18 heavy (non-hydrogen) atoms. The van der Waals surface area contributed by atoms with Gasteiger partial charge >= 0.3 is 0 Å². The third-order valence-corrected chi connectivity index (χ3v) is 3.96. The van der Waals surface area contributed by atoms with Gasteiger partial charge in [-0.3, -0.25) is 4.55 Å². The van der Waals surface area contributed by atoms with Crippen molar-refractivity contribution in [1.82, 2.24) is 4.98 Å².